The van der Waals surface area contributed by atoms with Crippen LogP contribution in [0, 0.1) is 5.92 Å². The van der Waals surface area contributed by atoms with E-state index in [1.54, 1.807) is 7.11 Å². The Labute approximate surface area is 123 Å². The molecule has 4 nitrogen and oxygen atoms in total. The van der Waals surface area contributed by atoms with Crippen LogP contribution < -0.4 is 5.32 Å². The summed E-state index contributed by atoms with van der Waals surface area (Å²) in [6, 6.07) is 0.484. The highest BCUT2D eigenvalue weighted by Crippen LogP contribution is 2.38. The molecule has 0 aromatic rings. The SMILES string of the molecule is COC1(CC(=O)N(CC(C)C)CC2CCCN2)CCC1. The number of hydrogen-bond donors (Lipinski definition) is 1. The van der Waals surface area contributed by atoms with Crippen LogP contribution in [-0.2, 0) is 9.53 Å². The van der Waals surface area contributed by atoms with Crippen LogP contribution in [0.1, 0.15) is 52.4 Å². The van der Waals surface area contributed by atoms with Crippen molar-refractivity contribution in [2.45, 2.75) is 64.0 Å². The van der Waals surface area contributed by atoms with Gasteiger partial charge in [-0.25, -0.2) is 0 Å². The molecule has 0 aromatic carbocycles. The molecule has 2 rings (SSSR count). The van der Waals surface area contributed by atoms with Crippen molar-refractivity contribution in [2.75, 3.05) is 26.7 Å². The van der Waals surface area contributed by atoms with Crippen molar-refractivity contribution < 1.29 is 9.53 Å². The molecule has 1 atom stereocenters. The molecule has 1 heterocycles. The van der Waals surface area contributed by atoms with Gasteiger partial charge in [-0.15, -0.1) is 0 Å². The van der Waals surface area contributed by atoms with Crippen molar-refractivity contribution in [1.29, 1.82) is 0 Å². The van der Waals surface area contributed by atoms with Crippen LogP contribution in [0.25, 0.3) is 0 Å². The Kier molecular flexibility index (Phi) is 5.44. The number of rotatable bonds is 7. The molecule has 0 spiro atoms. The minimum Gasteiger partial charge on any atom is -0.378 e. The van der Waals surface area contributed by atoms with Crippen LogP contribution in [0.4, 0.5) is 0 Å². The number of carbonyl (C=O) groups is 1. The maximum Gasteiger partial charge on any atom is 0.225 e. The van der Waals surface area contributed by atoms with Crippen LogP contribution >= 0.6 is 0 Å². The number of ether oxygens (including phenoxy) is 1. The second-order valence-corrected chi connectivity index (χ2v) is 6.90. The Bertz CT molecular complexity index is 315. The van der Waals surface area contributed by atoms with Gasteiger partial charge in [-0.2, -0.15) is 0 Å². The average Bonchev–Trinajstić information content (AvgIpc) is 2.85. The van der Waals surface area contributed by atoms with Crippen molar-refractivity contribution in [1.82, 2.24) is 10.2 Å². The number of carbonyl (C=O) groups excluding carboxylic acids is 1. The molecule has 1 unspecified atom stereocenters. The second kappa shape index (κ2) is 6.90. The highest BCUT2D eigenvalue weighted by Gasteiger charge is 2.40. The largest absolute Gasteiger partial charge is 0.378 e. The third kappa shape index (κ3) is 3.95. The van der Waals surface area contributed by atoms with Gasteiger partial charge in [-0.1, -0.05) is 13.8 Å². The molecule has 2 aliphatic rings. The highest BCUT2D eigenvalue weighted by atomic mass is 16.5. The van der Waals surface area contributed by atoms with E-state index < -0.39 is 0 Å². The lowest BCUT2D eigenvalue weighted by Gasteiger charge is -2.41. The second-order valence-electron chi connectivity index (χ2n) is 6.90. The maximum atomic E-state index is 12.7. The van der Waals surface area contributed by atoms with E-state index in [-0.39, 0.29) is 11.5 Å². The molecule has 116 valence electrons. The quantitative estimate of drug-likeness (QED) is 0.778. The molecule has 0 radical (unpaired) electrons. The smallest absolute Gasteiger partial charge is 0.225 e. The molecule has 0 aromatic heterocycles. The van der Waals surface area contributed by atoms with Crippen LogP contribution in [-0.4, -0.2) is 49.2 Å². The summed E-state index contributed by atoms with van der Waals surface area (Å²) in [4.78, 5) is 14.7. The Morgan fingerprint density at radius 2 is 2.15 bits per heavy atom. The molecular weight excluding hydrogens is 252 g/mol. The fraction of sp³-hybridized carbons (Fsp3) is 0.938. The van der Waals surface area contributed by atoms with E-state index in [4.69, 9.17) is 4.74 Å². The number of nitrogens with one attached hydrogen (secondary N) is 1. The Morgan fingerprint density at radius 1 is 1.40 bits per heavy atom. The van der Waals surface area contributed by atoms with E-state index in [1.165, 1.54) is 19.3 Å². The summed E-state index contributed by atoms with van der Waals surface area (Å²) < 4.78 is 5.61. The van der Waals surface area contributed by atoms with Gasteiger partial charge in [0.1, 0.15) is 0 Å². The van der Waals surface area contributed by atoms with Gasteiger partial charge in [-0.3, -0.25) is 4.79 Å². The van der Waals surface area contributed by atoms with Crippen molar-refractivity contribution >= 4 is 5.91 Å². The lowest BCUT2D eigenvalue weighted by Crippen LogP contribution is -2.48. The molecule has 0 bridgehead atoms. The minimum atomic E-state index is -0.157. The van der Waals surface area contributed by atoms with Crippen molar-refractivity contribution in [2.24, 2.45) is 5.92 Å². The summed E-state index contributed by atoms with van der Waals surface area (Å²) in [6.07, 6.45) is 6.24. The molecule has 2 fully saturated rings. The van der Waals surface area contributed by atoms with Crippen LogP contribution in [0.15, 0.2) is 0 Å². The first-order valence-corrected chi connectivity index (χ1v) is 8.11. The van der Waals surface area contributed by atoms with Crippen LogP contribution in [0.5, 0.6) is 0 Å². The Balaban J connectivity index is 1.91. The van der Waals surface area contributed by atoms with Gasteiger partial charge in [0, 0.05) is 26.2 Å². The zero-order valence-electron chi connectivity index (χ0n) is 13.3. The average molecular weight is 282 g/mol. The first-order chi connectivity index (χ1) is 9.54. The predicted molar refractivity (Wildman–Crippen MR) is 80.7 cm³/mol. The van der Waals surface area contributed by atoms with Gasteiger partial charge in [-0.05, 0) is 44.6 Å². The van der Waals surface area contributed by atoms with Gasteiger partial charge in [0.05, 0.1) is 12.0 Å². The number of methoxy groups -OCH3 is 1. The van der Waals surface area contributed by atoms with E-state index in [0.717, 1.165) is 32.5 Å². The molecule has 4 heteroatoms. The van der Waals surface area contributed by atoms with E-state index in [1.807, 2.05) is 0 Å². The van der Waals surface area contributed by atoms with Crippen molar-refractivity contribution in [3.63, 3.8) is 0 Å². The van der Waals surface area contributed by atoms with E-state index in [0.29, 0.717) is 18.4 Å². The minimum absolute atomic E-state index is 0.157. The van der Waals surface area contributed by atoms with Crippen molar-refractivity contribution in [3.05, 3.63) is 0 Å². The predicted octanol–water partition coefficient (Wildman–Crippen LogP) is 2.18. The standard InChI is InChI=1S/C16H30N2O2/c1-13(2)11-18(12-14-6-4-9-17-14)15(19)10-16(20-3)7-5-8-16/h13-14,17H,4-12H2,1-3H3. The monoisotopic (exact) mass is 282 g/mol. The highest BCUT2D eigenvalue weighted by molar-refractivity contribution is 5.77. The summed E-state index contributed by atoms with van der Waals surface area (Å²) in [5.74, 6) is 0.786. The molecule has 1 saturated heterocycles. The van der Waals surface area contributed by atoms with E-state index >= 15 is 0 Å². The number of amides is 1. The molecule has 1 aliphatic heterocycles. The van der Waals surface area contributed by atoms with Crippen molar-refractivity contribution in [3.8, 4) is 0 Å². The maximum absolute atomic E-state index is 12.7. The summed E-state index contributed by atoms with van der Waals surface area (Å²) >= 11 is 0. The van der Waals surface area contributed by atoms with E-state index in [9.17, 15) is 4.79 Å². The van der Waals surface area contributed by atoms with Gasteiger partial charge >= 0.3 is 0 Å². The summed E-state index contributed by atoms with van der Waals surface area (Å²) in [5, 5.41) is 3.49. The molecule has 1 aliphatic carbocycles. The van der Waals surface area contributed by atoms with Gasteiger partial charge in [0.2, 0.25) is 5.91 Å². The topological polar surface area (TPSA) is 41.6 Å². The molecule has 1 amide bonds. The van der Waals surface area contributed by atoms with Crippen LogP contribution in [0.2, 0.25) is 0 Å². The third-order valence-electron chi connectivity index (χ3n) is 4.71. The van der Waals surface area contributed by atoms with Gasteiger partial charge in [0.15, 0.2) is 0 Å². The Hall–Kier alpha value is -0.610. The first-order valence-electron chi connectivity index (χ1n) is 8.11. The number of hydrogen-bond acceptors (Lipinski definition) is 3. The normalized spacial score (nSPS) is 24.7. The number of nitrogens with zero attached hydrogens (tertiary/aromatic N) is 1. The summed E-state index contributed by atoms with van der Waals surface area (Å²) in [7, 11) is 1.75. The first kappa shape index (κ1) is 15.8. The lowest BCUT2D eigenvalue weighted by molar-refractivity contribution is -0.145. The zero-order chi connectivity index (χ0) is 14.6. The lowest BCUT2D eigenvalue weighted by atomic mass is 9.77. The molecule has 1 N–H and O–H groups in total. The Morgan fingerprint density at radius 3 is 2.60 bits per heavy atom. The van der Waals surface area contributed by atoms with E-state index in [2.05, 4.69) is 24.1 Å². The van der Waals surface area contributed by atoms with Gasteiger partial charge in [0.25, 0.3) is 0 Å². The molecule has 20 heavy (non-hydrogen) atoms. The fourth-order valence-electron chi connectivity index (χ4n) is 3.31. The summed E-state index contributed by atoms with van der Waals surface area (Å²) in [5.41, 5.74) is -0.157. The molecule has 1 saturated carbocycles. The van der Waals surface area contributed by atoms with Crippen LogP contribution in [0.3, 0.4) is 0 Å². The fourth-order valence-corrected chi connectivity index (χ4v) is 3.31. The third-order valence-corrected chi connectivity index (χ3v) is 4.71. The van der Waals surface area contributed by atoms with Gasteiger partial charge < -0.3 is 15.0 Å². The zero-order valence-corrected chi connectivity index (χ0v) is 13.3. The summed E-state index contributed by atoms with van der Waals surface area (Å²) in [6.45, 7) is 7.17. The molecular formula is C16H30N2O2.